The zero-order chi connectivity index (χ0) is 19.8. The van der Waals surface area contributed by atoms with Crippen LogP contribution in [0.4, 0.5) is 10.5 Å². The van der Waals surface area contributed by atoms with Gasteiger partial charge in [0.15, 0.2) is 0 Å². The largest absolute Gasteiger partial charge is 0.490 e. The minimum Gasteiger partial charge on any atom is -0.490 e. The molecule has 1 atom stereocenters. The minimum absolute atomic E-state index is 0.261. The third-order valence-corrected chi connectivity index (χ3v) is 5.61. The topological polar surface area (TPSA) is 62.2 Å². The Bertz CT molecular complexity index is 715. The van der Waals surface area contributed by atoms with Crippen LogP contribution in [0.3, 0.4) is 0 Å². The molecule has 1 aromatic carbocycles. The number of aliphatic hydroxyl groups excluding tert-OH is 1. The summed E-state index contributed by atoms with van der Waals surface area (Å²) in [4.78, 5) is 16.4. The van der Waals surface area contributed by atoms with Gasteiger partial charge in [0.05, 0.1) is 18.3 Å². The van der Waals surface area contributed by atoms with Crippen LogP contribution in [0.15, 0.2) is 10.5 Å². The molecule has 0 fully saturated rings. The van der Waals surface area contributed by atoms with Crippen LogP contribution in [0.5, 0.6) is 5.75 Å². The molecule has 0 aromatic heterocycles. The van der Waals surface area contributed by atoms with Crippen molar-refractivity contribution in [1.29, 1.82) is 0 Å². The SMILES string of the molecule is C[C@H](O)CN1CCOc2cc3c(c(Br)c21)CCN(C(=O)OC(C)(C)C)CC3. The average molecular weight is 441 g/mol. The summed E-state index contributed by atoms with van der Waals surface area (Å²) in [6.07, 6.45) is 0.845. The Morgan fingerprint density at radius 1 is 1.33 bits per heavy atom. The smallest absolute Gasteiger partial charge is 0.410 e. The number of aliphatic hydroxyl groups is 1. The average Bonchev–Trinajstić information content (AvgIpc) is 2.76. The molecule has 27 heavy (non-hydrogen) atoms. The predicted molar refractivity (Wildman–Crippen MR) is 109 cm³/mol. The van der Waals surface area contributed by atoms with Crippen molar-refractivity contribution in [2.24, 2.45) is 0 Å². The quantitative estimate of drug-likeness (QED) is 0.763. The molecular weight excluding hydrogens is 412 g/mol. The first-order valence-corrected chi connectivity index (χ1v) is 10.3. The van der Waals surface area contributed by atoms with Crippen LogP contribution in [-0.4, -0.2) is 60.6 Å². The van der Waals surface area contributed by atoms with Crippen LogP contribution in [0, 0.1) is 0 Å². The maximum absolute atomic E-state index is 12.5. The van der Waals surface area contributed by atoms with E-state index in [4.69, 9.17) is 9.47 Å². The van der Waals surface area contributed by atoms with Crippen LogP contribution in [0.2, 0.25) is 0 Å². The monoisotopic (exact) mass is 440 g/mol. The number of anilines is 1. The Balaban J connectivity index is 1.85. The van der Waals surface area contributed by atoms with Crippen molar-refractivity contribution in [3.05, 3.63) is 21.7 Å². The molecule has 0 bridgehead atoms. The van der Waals surface area contributed by atoms with Gasteiger partial charge in [0.25, 0.3) is 0 Å². The van der Waals surface area contributed by atoms with E-state index >= 15 is 0 Å². The van der Waals surface area contributed by atoms with Gasteiger partial charge in [0.1, 0.15) is 18.0 Å². The summed E-state index contributed by atoms with van der Waals surface area (Å²) in [5.74, 6) is 0.846. The number of nitrogens with zero attached hydrogens (tertiary/aromatic N) is 2. The maximum Gasteiger partial charge on any atom is 0.410 e. The third-order valence-electron chi connectivity index (χ3n) is 4.75. The zero-order valence-corrected chi connectivity index (χ0v) is 18.1. The van der Waals surface area contributed by atoms with Gasteiger partial charge >= 0.3 is 6.09 Å². The van der Waals surface area contributed by atoms with Gasteiger partial charge in [-0.2, -0.15) is 0 Å². The van der Waals surface area contributed by atoms with Gasteiger partial charge in [-0.15, -0.1) is 0 Å². The normalized spacial score (nSPS) is 18.1. The second-order valence-corrected chi connectivity index (χ2v) is 9.08. The summed E-state index contributed by atoms with van der Waals surface area (Å²) in [6.45, 7) is 10.6. The Morgan fingerprint density at radius 2 is 2.04 bits per heavy atom. The number of fused-ring (bicyclic) bond motifs is 2. The van der Waals surface area contributed by atoms with E-state index in [-0.39, 0.29) is 6.09 Å². The number of ether oxygens (including phenoxy) is 2. The van der Waals surface area contributed by atoms with Crippen molar-refractivity contribution in [1.82, 2.24) is 4.90 Å². The summed E-state index contributed by atoms with van der Waals surface area (Å²) in [5.41, 5.74) is 2.92. The highest BCUT2D eigenvalue weighted by molar-refractivity contribution is 9.10. The van der Waals surface area contributed by atoms with Gasteiger partial charge in [-0.25, -0.2) is 4.79 Å². The summed E-state index contributed by atoms with van der Waals surface area (Å²) in [7, 11) is 0. The number of carbonyl (C=O) groups excluding carboxylic acids is 1. The molecule has 0 saturated heterocycles. The van der Waals surface area contributed by atoms with Crippen LogP contribution >= 0.6 is 15.9 Å². The van der Waals surface area contributed by atoms with Crippen molar-refractivity contribution in [3.63, 3.8) is 0 Å². The first kappa shape index (κ1) is 20.3. The molecule has 6 nitrogen and oxygen atoms in total. The predicted octanol–water partition coefficient (Wildman–Crippen LogP) is 3.36. The van der Waals surface area contributed by atoms with Gasteiger partial charge in [-0.3, -0.25) is 0 Å². The van der Waals surface area contributed by atoms with E-state index in [1.807, 2.05) is 20.8 Å². The molecule has 2 aliphatic heterocycles. The highest BCUT2D eigenvalue weighted by Gasteiger charge is 2.29. The van der Waals surface area contributed by atoms with E-state index in [1.54, 1.807) is 11.8 Å². The second kappa shape index (κ2) is 7.87. The number of carbonyl (C=O) groups is 1. The number of rotatable bonds is 2. The molecule has 3 rings (SSSR count). The molecule has 2 aliphatic rings. The number of β-amino-alcohol motifs (C(OH)–C–C–N with tert-alkyl or cyclic N) is 1. The van der Waals surface area contributed by atoms with Crippen LogP contribution in [0.1, 0.15) is 38.8 Å². The molecule has 0 aliphatic carbocycles. The molecule has 7 heteroatoms. The lowest BCUT2D eigenvalue weighted by atomic mass is 10.00. The fraction of sp³-hybridized carbons (Fsp3) is 0.650. The number of amides is 1. The highest BCUT2D eigenvalue weighted by atomic mass is 79.9. The van der Waals surface area contributed by atoms with E-state index in [2.05, 4.69) is 26.9 Å². The molecule has 2 heterocycles. The lowest BCUT2D eigenvalue weighted by molar-refractivity contribution is 0.0258. The third kappa shape index (κ3) is 4.69. The lowest BCUT2D eigenvalue weighted by Crippen LogP contribution is -2.38. The summed E-state index contributed by atoms with van der Waals surface area (Å²) < 4.78 is 12.5. The second-order valence-electron chi connectivity index (χ2n) is 8.29. The Kier molecular flexibility index (Phi) is 5.91. The molecule has 1 amide bonds. The first-order chi connectivity index (χ1) is 12.7. The van der Waals surface area contributed by atoms with E-state index in [0.717, 1.165) is 35.3 Å². The van der Waals surface area contributed by atoms with E-state index < -0.39 is 11.7 Å². The van der Waals surface area contributed by atoms with Crippen molar-refractivity contribution in [3.8, 4) is 5.75 Å². The Morgan fingerprint density at radius 3 is 2.70 bits per heavy atom. The summed E-state index contributed by atoms with van der Waals surface area (Å²) >= 11 is 3.79. The molecular formula is C20H29BrN2O4. The van der Waals surface area contributed by atoms with Crippen LogP contribution in [0.25, 0.3) is 0 Å². The van der Waals surface area contributed by atoms with Gasteiger partial charge < -0.3 is 24.4 Å². The molecule has 1 aromatic rings. The molecule has 0 saturated carbocycles. The molecule has 150 valence electrons. The van der Waals surface area contributed by atoms with E-state index in [1.165, 1.54) is 11.1 Å². The van der Waals surface area contributed by atoms with Crippen molar-refractivity contribution in [2.75, 3.05) is 37.7 Å². The van der Waals surface area contributed by atoms with Gasteiger partial charge in [-0.1, -0.05) is 0 Å². The van der Waals surface area contributed by atoms with Crippen molar-refractivity contribution >= 4 is 27.7 Å². The number of hydrogen-bond acceptors (Lipinski definition) is 5. The molecule has 0 spiro atoms. The Labute approximate surface area is 169 Å². The standard InChI is InChI=1S/C20H29BrN2O4/c1-13(24)12-23-9-10-26-16-11-14-5-7-22(19(25)27-20(2,3)4)8-6-15(14)17(21)18(16)23/h11,13,24H,5-10,12H2,1-4H3/t13-/m0/s1. The van der Waals surface area contributed by atoms with Gasteiger partial charge in [0, 0.05) is 24.1 Å². The van der Waals surface area contributed by atoms with Crippen LogP contribution < -0.4 is 9.64 Å². The van der Waals surface area contributed by atoms with Gasteiger partial charge in [-0.05, 0) is 73.7 Å². The molecule has 1 N–H and O–H groups in total. The fourth-order valence-corrected chi connectivity index (χ4v) is 4.51. The van der Waals surface area contributed by atoms with Crippen molar-refractivity contribution < 1.29 is 19.4 Å². The van der Waals surface area contributed by atoms with Crippen LogP contribution in [-0.2, 0) is 17.6 Å². The summed E-state index contributed by atoms with van der Waals surface area (Å²) in [6, 6.07) is 2.10. The number of benzene rings is 1. The minimum atomic E-state index is -0.495. The maximum atomic E-state index is 12.5. The van der Waals surface area contributed by atoms with E-state index in [0.29, 0.717) is 26.2 Å². The molecule has 0 radical (unpaired) electrons. The Hall–Kier alpha value is -1.47. The first-order valence-electron chi connectivity index (χ1n) is 9.53. The molecule has 0 unspecified atom stereocenters. The van der Waals surface area contributed by atoms with E-state index in [9.17, 15) is 9.90 Å². The fourth-order valence-electron chi connectivity index (χ4n) is 3.61. The zero-order valence-electron chi connectivity index (χ0n) is 16.5. The highest BCUT2D eigenvalue weighted by Crippen LogP contribution is 2.43. The number of hydrogen-bond donors (Lipinski definition) is 1. The lowest BCUT2D eigenvalue weighted by Gasteiger charge is -2.34. The number of halogens is 1. The summed E-state index contributed by atoms with van der Waals surface area (Å²) in [5, 5.41) is 9.84. The van der Waals surface area contributed by atoms with Gasteiger partial charge in [0.2, 0.25) is 0 Å². The van der Waals surface area contributed by atoms with Crippen molar-refractivity contribution in [2.45, 2.75) is 52.2 Å².